The summed E-state index contributed by atoms with van der Waals surface area (Å²) in [5, 5.41) is 7.23. The summed E-state index contributed by atoms with van der Waals surface area (Å²) in [5.41, 5.74) is 2.51. The minimum atomic E-state index is -0.0358. The zero-order valence-corrected chi connectivity index (χ0v) is 13.8. The Morgan fingerprint density at radius 2 is 2.18 bits per heavy atom. The third-order valence-corrected chi connectivity index (χ3v) is 4.24. The van der Waals surface area contributed by atoms with Gasteiger partial charge in [-0.3, -0.25) is 9.89 Å². The van der Waals surface area contributed by atoms with E-state index in [0.29, 0.717) is 24.7 Å². The van der Waals surface area contributed by atoms with Crippen LogP contribution < -0.4 is 0 Å². The second-order valence-electron chi connectivity index (χ2n) is 6.82. The Morgan fingerprint density at radius 3 is 2.86 bits per heavy atom. The lowest BCUT2D eigenvalue weighted by Crippen LogP contribution is -2.55. The van der Waals surface area contributed by atoms with Crippen LogP contribution in [0.2, 0.25) is 0 Å². The number of carbonyl (C=O) groups excluding carboxylic acids is 1. The minimum Gasteiger partial charge on any atom is -0.374 e. The van der Waals surface area contributed by atoms with Crippen LogP contribution in [-0.4, -0.2) is 52.9 Å². The van der Waals surface area contributed by atoms with Crippen LogP contribution in [0, 0.1) is 5.92 Å². The average molecular weight is 307 g/mol. The summed E-state index contributed by atoms with van der Waals surface area (Å²) >= 11 is 0. The molecule has 6 heteroatoms. The van der Waals surface area contributed by atoms with Crippen molar-refractivity contribution in [1.29, 1.82) is 0 Å². The van der Waals surface area contributed by atoms with Crippen LogP contribution in [0.15, 0.2) is 0 Å². The third kappa shape index (κ3) is 2.90. The van der Waals surface area contributed by atoms with Gasteiger partial charge in [-0.25, -0.2) is 0 Å². The van der Waals surface area contributed by atoms with Crippen LogP contribution in [-0.2, 0) is 15.9 Å². The van der Waals surface area contributed by atoms with Crippen LogP contribution in [0.5, 0.6) is 0 Å². The van der Waals surface area contributed by atoms with Crippen molar-refractivity contribution in [2.24, 2.45) is 5.92 Å². The Morgan fingerprint density at radius 1 is 1.45 bits per heavy atom. The molecular weight excluding hydrogens is 282 g/mol. The van der Waals surface area contributed by atoms with Crippen molar-refractivity contribution in [2.45, 2.75) is 52.4 Å². The standard InChI is InChI=1S/C16H25N3O3/c1-9(2)8-21-12-6-19(7-12)16(20)15-13-5-10(3)22-11(4)14(13)17-18-15/h9-12H,5-8H2,1-4H3,(H,17,18)/t10-,11+/m0/s1. The number of hydrogen-bond acceptors (Lipinski definition) is 4. The number of likely N-dealkylation sites (tertiary alicyclic amines) is 1. The van der Waals surface area contributed by atoms with Gasteiger partial charge in [0.2, 0.25) is 0 Å². The number of fused-ring (bicyclic) bond motifs is 1. The molecule has 2 aliphatic rings. The van der Waals surface area contributed by atoms with Crippen molar-refractivity contribution in [3.05, 3.63) is 17.0 Å². The highest BCUT2D eigenvalue weighted by molar-refractivity contribution is 5.94. The highest BCUT2D eigenvalue weighted by Crippen LogP contribution is 2.31. The molecule has 0 aliphatic carbocycles. The number of nitrogens with zero attached hydrogens (tertiary/aromatic N) is 2. The van der Waals surface area contributed by atoms with E-state index in [0.717, 1.165) is 24.3 Å². The molecule has 0 aromatic carbocycles. The second-order valence-corrected chi connectivity index (χ2v) is 6.82. The molecule has 1 aromatic rings. The number of amides is 1. The maximum absolute atomic E-state index is 12.6. The van der Waals surface area contributed by atoms with E-state index in [1.54, 1.807) is 0 Å². The van der Waals surface area contributed by atoms with E-state index in [1.807, 2.05) is 18.7 Å². The Hall–Kier alpha value is -1.40. The molecule has 3 rings (SSSR count). The van der Waals surface area contributed by atoms with Crippen molar-refractivity contribution < 1.29 is 14.3 Å². The van der Waals surface area contributed by atoms with Crippen molar-refractivity contribution in [3.8, 4) is 0 Å². The van der Waals surface area contributed by atoms with Gasteiger partial charge in [0.15, 0.2) is 5.69 Å². The number of rotatable bonds is 4. The van der Waals surface area contributed by atoms with Crippen LogP contribution in [0.1, 0.15) is 55.5 Å². The van der Waals surface area contributed by atoms with E-state index in [2.05, 4.69) is 24.0 Å². The van der Waals surface area contributed by atoms with Gasteiger partial charge >= 0.3 is 0 Å². The van der Waals surface area contributed by atoms with Gasteiger partial charge in [-0.05, 0) is 19.8 Å². The molecular formula is C16H25N3O3. The fourth-order valence-electron chi connectivity index (χ4n) is 3.04. The predicted molar refractivity (Wildman–Crippen MR) is 81.7 cm³/mol. The summed E-state index contributed by atoms with van der Waals surface area (Å²) in [6, 6.07) is 0. The lowest BCUT2D eigenvalue weighted by Gasteiger charge is -2.39. The summed E-state index contributed by atoms with van der Waals surface area (Å²) in [6.45, 7) is 10.3. The first-order chi connectivity index (χ1) is 10.5. The van der Waals surface area contributed by atoms with Gasteiger partial charge < -0.3 is 14.4 Å². The summed E-state index contributed by atoms with van der Waals surface area (Å²) in [6.07, 6.45) is 0.983. The molecule has 2 aliphatic heterocycles. The normalized spacial score (nSPS) is 25.2. The van der Waals surface area contributed by atoms with E-state index < -0.39 is 0 Å². The molecule has 1 aromatic heterocycles. The zero-order valence-electron chi connectivity index (χ0n) is 13.8. The monoisotopic (exact) mass is 307 g/mol. The Labute approximate surface area is 131 Å². The molecule has 2 atom stereocenters. The van der Waals surface area contributed by atoms with Crippen molar-refractivity contribution in [3.63, 3.8) is 0 Å². The first-order valence-corrected chi connectivity index (χ1v) is 8.09. The molecule has 0 radical (unpaired) electrons. The van der Waals surface area contributed by atoms with Gasteiger partial charge in [0.25, 0.3) is 5.91 Å². The van der Waals surface area contributed by atoms with Crippen molar-refractivity contribution >= 4 is 5.91 Å². The Balaban J connectivity index is 1.63. The predicted octanol–water partition coefficient (Wildman–Crippen LogP) is 1.93. The molecule has 3 heterocycles. The smallest absolute Gasteiger partial charge is 0.274 e. The summed E-state index contributed by atoms with van der Waals surface area (Å²) < 4.78 is 11.5. The van der Waals surface area contributed by atoms with E-state index in [4.69, 9.17) is 9.47 Å². The number of ether oxygens (including phenoxy) is 2. The van der Waals surface area contributed by atoms with Gasteiger partial charge in [-0.15, -0.1) is 0 Å². The van der Waals surface area contributed by atoms with Crippen molar-refractivity contribution in [1.82, 2.24) is 15.1 Å². The third-order valence-electron chi connectivity index (χ3n) is 4.24. The van der Waals surface area contributed by atoms with Gasteiger partial charge in [0.05, 0.1) is 24.0 Å². The van der Waals surface area contributed by atoms with Crippen LogP contribution >= 0.6 is 0 Å². The van der Waals surface area contributed by atoms with E-state index >= 15 is 0 Å². The van der Waals surface area contributed by atoms with E-state index in [9.17, 15) is 4.79 Å². The number of aromatic nitrogens is 2. The molecule has 0 spiro atoms. The molecule has 1 N–H and O–H groups in total. The molecule has 1 amide bonds. The molecule has 6 nitrogen and oxygen atoms in total. The summed E-state index contributed by atoms with van der Waals surface area (Å²) in [5.74, 6) is 0.522. The molecule has 1 fully saturated rings. The minimum absolute atomic E-state index is 0.00296. The fourth-order valence-corrected chi connectivity index (χ4v) is 3.04. The van der Waals surface area contributed by atoms with E-state index in [1.165, 1.54) is 0 Å². The van der Waals surface area contributed by atoms with Gasteiger partial charge in [0.1, 0.15) is 0 Å². The quantitative estimate of drug-likeness (QED) is 0.923. The highest BCUT2D eigenvalue weighted by atomic mass is 16.5. The highest BCUT2D eigenvalue weighted by Gasteiger charge is 2.36. The largest absolute Gasteiger partial charge is 0.374 e. The topological polar surface area (TPSA) is 67.5 Å². The van der Waals surface area contributed by atoms with Gasteiger partial charge in [-0.1, -0.05) is 13.8 Å². The van der Waals surface area contributed by atoms with Gasteiger partial charge in [0, 0.05) is 31.7 Å². The summed E-state index contributed by atoms with van der Waals surface area (Å²) in [4.78, 5) is 14.4. The fraction of sp³-hybridized carbons (Fsp3) is 0.750. The lowest BCUT2D eigenvalue weighted by atomic mass is 9.98. The number of hydrogen-bond donors (Lipinski definition) is 1. The van der Waals surface area contributed by atoms with Crippen LogP contribution in [0.3, 0.4) is 0 Å². The average Bonchev–Trinajstić information content (AvgIpc) is 2.80. The molecule has 22 heavy (non-hydrogen) atoms. The second kappa shape index (κ2) is 6.01. The zero-order chi connectivity index (χ0) is 15.9. The molecule has 0 unspecified atom stereocenters. The number of carbonyl (C=O) groups is 1. The Bertz CT molecular complexity index is 549. The first-order valence-electron chi connectivity index (χ1n) is 8.09. The maximum atomic E-state index is 12.6. The van der Waals surface area contributed by atoms with Crippen molar-refractivity contribution in [2.75, 3.05) is 19.7 Å². The lowest BCUT2D eigenvalue weighted by molar-refractivity contribution is -0.0509. The van der Waals surface area contributed by atoms with Gasteiger partial charge in [-0.2, -0.15) is 5.10 Å². The number of H-pyrrole nitrogens is 1. The number of nitrogens with one attached hydrogen (secondary N) is 1. The van der Waals surface area contributed by atoms with Crippen LogP contribution in [0.25, 0.3) is 0 Å². The molecule has 1 saturated heterocycles. The first kappa shape index (κ1) is 15.5. The molecule has 122 valence electrons. The SMILES string of the molecule is CC(C)COC1CN(C(=O)c2n[nH]c3c2C[C@H](C)O[C@@H]3C)C1. The molecule has 0 saturated carbocycles. The van der Waals surface area contributed by atoms with E-state index in [-0.39, 0.29) is 24.2 Å². The summed E-state index contributed by atoms with van der Waals surface area (Å²) in [7, 11) is 0. The maximum Gasteiger partial charge on any atom is 0.274 e. The Kier molecular flexibility index (Phi) is 4.23. The number of aromatic amines is 1. The molecule has 0 bridgehead atoms. The van der Waals surface area contributed by atoms with Crippen LogP contribution in [0.4, 0.5) is 0 Å².